The van der Waals surface area contributed by atoms with Gasteiger partial charge in [-0.15, -0.1) is 0 Å². The van der Waals surface area contributed by atoms with Crippen LogP contribution in [0.15, 0.2) is 65.4 Å². The topological polar surface area (TPSA) is 110 Å². The number of amides is 1. The number of hydrogen-bond acceptors (Lipinski definition) is 7. The molecule has 0 aliphatic carbocycles. The predicted molar refractivity (Wildman–Crippen MR) is 116 cm³/mol. The van der Waals surface area contributed by atoms with Crippen LogP contribution < -0.4 is 10.1 Å². The van der Waals surface area contributed by atoms with Gasteiger partial charge >= 0.3 is 0 Å². The van der Waals surface area contributed by atoms with Crippen LogP contribution in [0.1, 0.15) is 49.7 Å². The Morgan fingerprint density at radius 3 is 2.61 bits per heavy atom. The molecular formula is C23H24N4O4. The van der Waals surface area contributed by atoms with Crippen LogP contribution in [0.2, 0.25) is 0 Å². The van der Waals surface area contributed by atoms with Gasteiger partial charge in [-0.1, -0.05) is 24.3 Å². The minimum atomic E-state index is -0.919. The third kappa shape index (κ3) is 4.54. The molecule has 4 aromatic rings. The SMILES string of the molecule is C[C@H](NC(=O)c1cccnc1Oc1ccc2nonc2c1)c1ccc(C(C)(C)O)cc1.[HH]. The van der Waals surface area contributed by atoms with Crippen LogP contribution in [0.3, 0.4) is 0 Å². The number of fused-ring (bicyclic) bond motifs is 1. The maximum absolute atomic E-state index is 12.9. The molecule has 1 amide bonds. The zero-order valence-electron chi connectivity index (χ0n) is 17.4. The maximum atomic E-state index is 12.9. The zero-order chi connectivity index (χ0) is 22.0. The Labute approximate surface area is 180 Å². The third-order valence-electron chi connectivity index (χ3n) is 4.92. The van der Waals surface area contributed by atoms with Crippen LogP contribution in [-0.4, -0.2) is 26.3 Å². The third-order valence-corrected chi connectivity index (χ3v) is 4.92. The van der Waals surface area contributed by atoms with Crippen molar-refractivity contribution >= 4 is 16.9 Å². The molecule has 0 spiro atoms. The van der Waals surface area contributed by atoms with Gasteiger partial charge in [0.25, 0.3) is 5.91 Å². The molecule has 8 heteroatoms. The molecule has 0 fully saturated rings. The average Bonchev–Trinajstić information content (AvgIpc) is 3.21. The lowest BCUT2D eigenvalue weighted by Gasteiger charge is -2.20. The summed E-state index contributed by atoms with van der Waals surface area (Å²) in [5.41, 5.74) is 2.26. The number of nitrogens with zero attached hydrogens (tertiary/aromatic N) is 3. The van der Waals surface area contributed by atoms with Gasteiger partial charge in [0, 0.05) is 13.7 Å². The van der Waals surface area contributed by atoms with Crippen molar-refractivity contribution < 1.29 is 20.7 Å². The number of carbonyl (C=O) groups excluding carboxylic acids is 1. The zero-order valence-corrected chi connectivity index (χ0v) is 17.4. The summed E-state index contributed by atoms with van der Waals surface area (Å²) < 4.78 is 10.5. The summed E-state index contributed by atoms with van der Waals surface area (Å²) in [5.74, 6) is 0.331. The molecule has 2 heterocycles. The summed E-state index contributed by atoms with van der Waals surface area (Å²) in [6, 6.07) is 15.6. The highest BCUT2D eigenvalue weighted by Gasteiger charge is 2.19. The lowest BCUT2D eigenvalue weighted by Crippen LogP contribution is -2.27. The van der Waals surface area contributed by atoms with E-state index in [-0.39, 0.29) is 19.3 Å². The van der Waals surface area contributed by atoms with Crippen LogP contribution >= 0.6 is 0 Å². The van der Waals surface area contributed by atoms with E-state index in [1.807, 2.05) is 31.2 Å². The van der Waals surface area contributed by atoms with Crippen LogP contribution in [-0.2, 0) is 5.60 Å². The number of aliphatic hydroxyl groups is 1. The molecule has 4 rings (SSSR count). The molecule has 2 aromatic carbocycles. The first kappa shape index (κ1) is 20.5. The monoisotopic (exact) mass is 420 g/mol. The van der Waals surface area contributed by atoms with Crippen molar-refractivity contribution in [2.75, 3.05) is 0 Å². The van der Waals surface area contributed by atoms with Crippen molar-refractivity contribution in [1.82, 2.24) is 20.6 Å². The molecule has 1 atom stereocenters. The van der Waals surface area contributed by atoms with E-state index in [2.05, 4.69) is 20.6 Å². The first-order valence-corrected chi connectivity index (χ1v) is 9.80. The van der Waals surface area contributed by atoms with Crippen LogP contribution in [0, 0.1) is 0 Å². The molecule has 0 saturated carbocycles. The highest BCUT2D eigenvalue weighted by Crippen LogP contribution is 2.26. The summed E-state index contributed by atoms with van der Waals surface area (Å²) >= 11 is 0. The molecule has 0 radical (unpaired) electrons. The van der Waals surface area contributed by atoms with E-state index < -0.39 is 5.60 Å². The lowest BCUT2D eigenvalue weighted by molar-refractivity contribution is 0.0785. The van der Waals surface area contributed by atoms with Gasteiger partial charge in [-0.2, -0.15) is 0 Å². The summed E-state index contributed by atoms with van der Waals surface area (Å²) in [6.07, 6.45) is 1.56. The Balaban J connectivity index is 0.00000289. The average molecular weight is 420 g/mol. The van der Waals surface area contributed by atoms with Crippen molar-refractivity contribution in [3.05, 3.63) is 77.5 Å². The van der Waals surface area contributed by atoms with Crippen molar-refractivity contribution in [3.63, 3.8) is 0 Å². The number of carbonyl (C=O) groups is 1. The Morgan fingerprint density at radius 1 is 1.13 bits per heavy atom. The molecule has 160 valence electrons. The van der Waals surface area contributed by atoms with Crippen LogP contribution in [0.5, 0.6) is 11.6 Å². The molecular weight excluding hydrogens is 396 g/mol. The number of aromatic nitrogens is 3. The van der Waals surface area contributed by atoms with Gasteiger partial charge in [0.2, 0.25) is 5.88 Å². The van der Waals surface area contributed by atoms with E-state index in [0.717, 1.165) is 11.1 Å². The van der Waals surface area contributed by atoms with Gasteiger partial charge in [0.05, 0.1) is 11.6 Å². The first-order chi connectivity index (χ1) is 14.8. The van der Waals surface area contributed by atoms with Crippen molar-refractivity contribution in [3.8, 4) is 11.6 Å². The van der Waals surface area contributed by atoms with Crippen LogP contribution in [0.4, 0.5) is 0 Å². The number of benzene rings is 2. The Kier molecular flexibility index (Phi) is 5.39. The maximum Gasteiger partial charge on any atom is 0.257 e. The summed E-state index contributed by atoms with van der Waals surface area (Å²) in [7, 11) is 0. The van der Waals surface area contributed by atoms with Gasteiger partial charge < -0.3 is 15.2 Å². The normalized spacial score (nSPS) is 12.5. The van der Waals surface area contributed by atoms with E-state index in [0.29, 0.717) is 22.3 Å². The number of ether oxygens (including phenoxy) is 1. The van der Waals surface area contributed by atoms with Crippen molar-refractivity contribution in [2.24, 2.45) is 0 Å². The van der Waals surface area contributed by atoms with E-state index in [4.69, 9.17) is 9.37 Å². The molecule has 2 N–H and O–H groups in total. The smallest absolute Gasteiger partial charge is 0.257 e. The Bertz CT molecular complexity index is 1220. The highest BCUT2D eigenvalue weighted by atomic mass is 16.6. The first-order valence-electron chi connectivity index (χ1n) is 9.80. The number of rotatable bonds is 6. The van der Waals surface area contributed by atoms with E-state index >= 15 is 0 Å². The fourth-order valence-corrected chi connectivity index (χ4v) is 3.12. The molecule has 0 bridgehead atoms. The summed E-state index contributed by atoms with van der Waals surface area (Å²) in [4.78, 5) is 17.1. The van der Waals surface area contributed by atoms with E-state index in [1.54, 1.807) is 50.4 Å². The molecule has 0 unspecified atom stereocenters. The second-order valence-corrected chi connectivity index (χ2v) is 7.75. The summed E-state index contributed by atoms with van der Waals surface area (Å²) in [5, 5.41) is 20.6. The standard InChI is InChI=1S/C23H22N4O4.H2/c1-14(15-6-8-16(9-7-15)23(2,3)29)25-21(28)18-5-4-12-24-22(18)30-17-10-11-19-20(13-17)27-31-26-19;/h4-14,29H,1-3H3,(H,25,28);1H/t14-;/m0./s1. The molecule has 8 nitrogen and oxygen atoms in total. The van der Waals surface area contributed by atoms with Gasteiger partial charge in [0.15, 0.2) is 0 Å². The quantitative estimate of drug-likeness (QED) is 0.476. The molecule has 2 aromatic heterocycles. The number of nitrogens with one attached hydrogen (secondary N) is 1. The van der Waals surface area contributed by atoms with Gasteiger partial charge in [-0.3, -0.25) is 4.79 Å². The van der Waals surface area contributed by atoms with E-state index in [1.165, 1.54) is 0 Å². The minimum absolute atomic E-state index is 0. The van der Waals surface area contributed by atoms with Crippen molar-refractivity contribution in [1.29, 1.82) is 0 Å². The van der Waals surface area contributed by atoms with Crippen LogP contribution in [0.25, 0.3) is 11.0 Å². The van der Waals surface area contributed by atoms with Gasteiger partial charge in [0.1, 0.15) is 22.3 Å². The van der Waals surface area contributed by atoms with Gasteiger partial charge in [-0.25, -0.2) is 9.61 Å². The molecule has 31 heavy (non-hydrogen) atoms. The van der Waals surface area contributed by atoms with E-state index in [9.17, 15) is 9.90 Å². The second kappa shape index (κ2) is 8.16. The predicted octanol–water partition coefficient (Wildman–Crippen LogP) is 4.37. The lowest BCUT2D eigenvalue weighted by atomic mass is 9.96. The number of hydrogen-bond donors (Lipinski definition) is 2. The Hall–Kier alpha value is -3.78. The second-order valence-electron chi connectivity index (χ2n) is 7.75. The van der Waals surface area contributed by atoms with Gasteiger partial charge in [-0.05, 0) is 66.5 Å². The molecule has 0 aliphatic rings. The number of pyridine rings is 1. The molecule has 0 aliphatic heterocycles. The Morgan fingerprint density at radius 2 is 1.87 bits per heavy atom. The summed E-state index contributed by atoms with van der Waals surface area (Å²) in [6.45, 7) is 5.35. The fourth-order valence-electron chi connectivity index (χ4n) is 3.12. The highest BCUT2D eigenvalue weighted by molar-refractivity contribution is 5.96. The molecule has 0 saturated heterocycles. The largest absolute Gasteiger partial charge is 0.438 e. The minimum Gasteiger partial charge on any atom is -0.438 e. The fraction of sp³-hybridized carbons (Fsp3) is 0.217. The van der Waals surface area contributed by atoms with Crippen molar-refractivity contribution in [2.45, 2.75) is 32.4 Å².